The summed E-state index contributed by atoms with van der Waals surface area (Å²) in [4.78, 5) is 24.8. The number of para-hydroxylation sites is 2. The molecule has 0 aliphatic heterocycles. The summed E-state index contributed by atoms with van der Waals surface area (Å²) in [6, 6.07) is 18.9. The first-order chi connectivity index (χ1) is 19.8. The third-order valence-electron chi connectivity index (χ3n) is 6.40. The summed E-state index contributed by atoms with van der Waals surface area (Å²) >= 11 is 1.37. The molecule has 0 radical (unpaired) electrons. The number of oxazole rings is 1. The van der Waals surface area contributed by atoms with E-state index in [0.29, 0.717) is 45.1 Å². The molecule has 0 bridgehead atoms. The van der Waals surface area contributed by atoms with E-state index in [-0.39, 0.29) is 24.3 Å². The van der Waals surface area contributed by atoms with Crippen LogP contribution in [0.5, 0.6) is 17.4 Å². The summed E-state index contributed by atoms with van der Waals surface area (Å²) in [6.07, 6.45) is -0.597. The molecule has 1 amide bonds. The number of ether oxygens (including phenoxy) is 3. The van der Waals surface area contributed by atoms with Crippen molar-refractivity contribution < 1.29 is 27.8 Å². The molecule has 9 nitrogen and oxygen atoms in total. The van der Waals surface area contributed by atoms with Gasteiger partial charge in [-0.25, -0.2) is 14.2 Å². The Bertz CT molecular complexity index is 1620. The molecule has 41 heavy (non-hydrogen) atoms. The second kappa shape index (κ2) is 12.3. The van der Waals surface area contributed by atoms with Crippen molar-refractivity contribution in [3.63, 3.8) is 0 Å². The fraction of sp³-hybridized carbons (Fsp3) is 0.233. The van der Waals surface area contributed by atoms with E-state index in [0.717, 1.165) is 11.1 Å². The normalized spacial score (nSPS) is 11.7. The van der Waals surface area contributed by atoms with Crippen molar-refractivity contribution >= 4 is 34.5 Å². The van der Waals surface area contributed by atoms with Crippen LogP contribution in [0.25, 0.3) is 21.5 Å². The number of amides is 1. The van der Waals surface area contributed by atoms with Gasteiger partial charge in [0.05, 0.1) is 30.1 Å². The van der Waals surface area contributed by atoms with Gasteiger partial charge in [-0.05, 0) is 61.4 Å². The maximum atomic E-state index is 13.7. The van der Waals surface area contributed by atoms with Crippen LogP contribution in [0, 0.1) is 12.7 Å². The molecule has 0 saturated carbocycles. The minimum atomic E-state index is -0.597. The van der Waals surface area contributed by atoms with E-state index >= 15 is 0 Å². The van der Waals surface area contributed by atoms with Gasteiger partial charge in [-0.2, -0.15) is 4.98 Å². The largest absolute Gasteiger partial charge is 0.493 e. The van der Waals surface area contributed by atoms with Crippen LogP contribution in [0.4, 0.5) is 15.2 Å². The molecule has 0 spiro atoms. The number of carbonyl (C=O) groups is 1. The van der Waals surface area contributed by atoms with Crippen LogP contribution in [-0.2, 0) is 6.54 Å². The van der Waals surface area contributed by atoms with E-state index in [9.17, 15) is 9.18 Å². The zero-order valence-corrected chi connectivity index (χ0v) is 23.8. The summed E-state index contributed by atoms with van der Waals surface area (Å²) in [5, 5.41) is 3.90. The maximum Gasteiger partial charge on any atom is 0.417 e. The van der Waals surface area contributed by atoms with Crippen molar-refractivity contribution in [2.75, 3.05) is 26.1 Å². The Labute approximate surface area is 240 Å². The summed E-state index contributed by atoms with van der Waals surface area (Å²) in [5.41, 5.74) is 2.91. The summed E-state index contributed by atoms with van der Waals surface area (Å²) in [7, 11) is 3.12. The van der Waals surface area contributed by atoms with Gasteiger partial charge in [0.1, 0.15) is 11.3 Å². The second-order valence-electron chi connectivity index (χ2n) is 9.28. The van der Waals surface area contributed by atoms with Gasteiger partial charge in [0.2, 0.25) is 5.88 Å². The van der Waals surface area contributed by atoms with Crippen LogP contribution in [0.1, 0.15) is 17.5 Å². The lowest BCUT2D eigenvalue weighted by Crippen LogP contribution is -2.43. The number of methoxy groups -OCH3 is 2. The van der Waals surface area contributed by atoms with Crippen LogP contribution in [0.2, 0.25) is 0 Å². The number of aromatic nitrogens is 2. The van der Waals surface area contributed by atoms with Crippen LogP contribution >= 0.6 is 11.3 Å². The van der Waals surface area contributed by atoms with Gasteiger partial charge in [0.15, 0.2) is 17.1 Å². The first-order valence-corrected chi connectivity index (χ1v) is 13.7. The Morgan fingerprint density at radius 2 is 1.80 bits per heavy atom. The van der Waals surface area contributed by atoms with Gasteiger partial charge in [-0.1, -0.05) is 30.3 Å². The minimum Gasteiger partial charge on any atom is -0.493 e. The number of nitrogens with zero attached hydrogens (tertiary/aromatic N) is 3. The number of halogens is 1. The first-order valence-electron chi connectivity index (χ1n) is 12.9. The number of fused-ring (bicyclic) bond motifs is 1. The van der Waals surface area contributed by atoms with Gasteiger partial charge in [-0.3, -0.25) is 4.90 Å². The highest BCUT2D eigenvalue weighted by atomic mass is 32.1. The van der Waals surface area contributed by atoms with Gasteiger partial charge >= 0.3 is 6.09 Å². The lowest BCUT2D eigenvalue weighted by atomic mass is 10.1. The molecule has 0 aliphatic rings. The molecule has 3 aromatic carbocycles. The van der Waals surface area contributed by atoms with E-state index in [1.807, 2.05) is 50.2 Å². The fourth-order valence-electron chi connectivity index (χ4n) is 4.27. The molecule has 5 aromatic rings. The number of aryl methyl sites for hydroxylation is 1. The number of rotatable bonds is 10. The fourth-order valence-corrected chi connectivity index (χ4v) is 5.12. The van der Waals surface area contributed by atoms with Crippen molar-refractivity contribution in [1.82, 2.24) is 14.9 Å². The molecule has 0 fully saturated rings. The van der Waals surface area contributed by atoms with Crippen LogP contribution < -0.4 is 19.5 Å². The Kier molecular flexibility index (Phi) is 8.34. The number of anilines is 1. The van der Waals surface area contributed by atoms with Gasteiger partial charge < -0.3 is 23.9 Å². The molecule has 2 aromatic heterocycles. The lowest BCUT2D eigenvalue weighted by molar-refractivity contribution is 0.132. The van der Waals surface area contributed by atoms with E-state index in [1.54, 1.807) is 37.3 Å². The molecule has 212 valence electrons. The highest BCUT2D eigenvalue weighted by Gasteiger charge is 2.26. The third-order valence-corrected chi connectivity index (χ3v) is 7.40. The monoisotopic (exact) mass is 576 g/mol. The zero-order valence-electron chi connectivity index (χ0n) is 23.0. The van der Waals surface area contributed by atoms with Crippen molar-refractivity contribution in [3.05, 3.63) is 83.1 Å². The number of benzene rings is 3. The molecular formula is C30H29FN4O5S. The standard InChI is InChI=1S/C30H29FN4O5S/c1-18(16-32-29-34-23-7-5-6-8-24(23)39-29)35(17-20-9-14-25(37-3)26(15-20)38-4)30(36)40-28-27(41-19(2)33-28)21-10-12-22(31)13-11-21/h5-15,18H,16-17H2,1-4H3,(H,32,34)/t18-/m1/s1. The number of hydrogen-bond donors (Lipinski definition) is 1. The van der Waals surface area contributed by atoms with E-state index < -0.39 is 6.09 Å². The number of hydrogen-bond acceptors (Lipinski definition) is 9. The molecule has 2 heterocycles. The van der Waals surface area contributed by atoms with Crippen molar-refractivity contribution in [2.45, 2.75) is 26.4 Å². The van der Waals surface area contributed by atoms with E-state index in [4.69, 9.17) is 18.6 Å². The summed E-state index contributed by atoms with van der Waals surface area (Å²) in [5.74, 6) is 0.942. The van der Waals surface area contributed by atoms with Gasteiger partial charge in [-0.15, -0.1) is 11.3 Å². The van der Waals surface area contributed by atoms with Crippen molar-refractivity contribution in [1.29, 1.82) is 0 Å². The summed E-state index contributed by atoms with van der Waals surface area (Å²) in [6.45, 7) is 4.26. The molecule has 5 rings (SSSR count). The van der Waals surface area contributed by atoms with Crippen LogP contribution in [-0.4, -0.2) is 47.8 Å². The predicted molar refractivity (Wildman–Crippen MR) is 155 cm³/mol. The molecule has 0 aliphatic carbocycles. The Morgan fingerprint density at radius 1 is 1.05 bits per heavy atom. The Hall–Kier alpha value is -4.64. The SMILES string of the molecule is COc1ccc(CN(C(=O)Oc2nc(C)sc2-c2ccc(F)cc2)[C@H](C)CNc2nc3ccccc3o2)cc1OC. The second-order valence-corrected chi connectivity index (χ2v) is 10.5. The van der Waals surface area contributed by atoms with Crippen LogP contribution in [0.3, 0.4) is 0 Å². The van der Waals surface area contributed by atoms with Crippen molar-refractivity contribution in [3.8, 4) is 27.8 Å². The molecular weight excluding hydrogens is 547 g/mol. The Balaban J connectivity index is 1.40. The number of thiazole rings is 1. The van der Waals surface area contributed by atoms with Crippen LogP contribution in [0.15, 0.2) is 71.1 Å². The molecule has 11 heteroatoms. The number of carbonyl (C=O) groups excluding carboxylic acids is 1. The average Bonchev–Trinajstić information content (AvgIpc) is 3.57. The van der Waals surface area contributed by atoms with Gasteiger partial charge in [0, 0.05) is 13.1 Å². The lowest BCUT2D eigenvalue weighted by Gasteiger charge is -2.28. The van der Waals surface area contributed by atoms with Gasteiger partial charge in [0.25, 0.3) is 6.01 Å². The summed E-state index contributed by atoms with van der Waals surface area (Å²) < 4.78 is 36.0. The smallest absolute Gasteiger partial charge is 0.417 e. The highest BCUT2D eigenvalue weighted by Crippen LogP contribution is 2.36. The molecule has 1 N–H and O–H groups in total. The zero-order chi connectivity index (χ0) is 28.9. The average molecular weight is 577 g/mol. The topological polar surface area (TPSA) is 99.0 Å². The Morgan fingerprint density at radius 3 is 2.54 bits per heavy atom. The van der Waals surface area contributed by atoms with Crippen molar-refractivity contribution in [2.24, 2.45) is 0 Å². The number of nitrogens with one attached hydrogen (secondary N) is 1. The highest BCUT2D eigenvalue weighted by molar-refractivity contribution is 7.15. The van der Waals surface area contributed by atoms with E-state index in [1.165, 1.54) is 23.5 Å². The molecule has 1 atom stereocenters. The third kappa shape index (κ3) is 6.41. The van der Waals surface area contributed by atoms with E-state index in [2.05, 4.69) is 15.3 Å². The minimum absolute atomic E-state index is 0.167. The molecule has 0 saturated heterocycles. The predicted octanol–water partition coefficient (Wildman–Crippen LogP) is 6.92. The quantitative estimate of drug-likeness (QED) is 0.191. The first kappa shape index (κ1) is 27.9. The maximum absolute atomic E-state index is 13.7. The molecule has 0 unspecified atom stereocenters.